The summed E-state index contributed by atoms with van der Waals surface area (Å²) in [4.78, 5) is 51.9. The van der Waals surface area contributed by atoms with E-state index in [9.17, 15) is 38.2 Å². The molecule has 0 saturated carbocycles. The number of hydrogen-bond donors (Lipinski definition) is 4. The molecule has 0 aliphatic carbocycles. The highest BCUT2D eigenvalue weighted by Crippen LogP contribution is 2.46. The Morgan fingerprint density at radius 3 is 2.08 bits per heavy atom. The molecule has 4 aromatic rings. The molecule has 0 spiro atoms. The van der Waals surface area contributed by atoms with E-state index in [1.165, 1.54) is 67.2 Å². The second-order valence-corrected chi connectivity index (χ2v) is 12.5. The van der Waals surface area contributed by atoms with Crippen molar-refractivity contribution in [3.8, 4) is 5.75 Å². The Kier molecular flexibility index (Phi) is 11.3. The number of thioether (sulfide) groups is 1. The molecule has 254 valence electrons. The fraction of sp³-hybridized carbons (Fsp3) is 0.222. The monoisotopic (exact) mass is 689 g/mol. The van der Waals surface area contributed by atoms with Crippen molar-refractivity contribution in [2.24, 2.45) is 0 Å². The van der Waals surface area contributed by atoms with Crippen LogP contribution in [0.25, 0.3) is 0 Å². The molecule has 3 amide bonds. The lowest BCUT2D eigenvalue weighted by molar-refractivity contribution is -0.141. The van der Waals surface area contributed by atoms with Crippen molar-refractivity contribution in [3.63, 3.8) is 0 Å². The van der Waals surface area contributed by atoms with Crippen LogP contribution in [0.5, 0.6) is 5.75 Å². The van der Waals surface area contributed by atoms with E-state index in [2.05, 4.69) is 10.6 Å². The number of amides is 3. The molecular weight excluding hydrogens is 656 g/mol. The lowest BCUT2D eigenvalue weighted by Crippen LogP contribution is -2.57. The molecule has 10 nitrogen and oxygen atoms in total. The molecule has 4 N–H and O–H groups in total. The number of β-lactam (4-membered cyclic amide) rings is 1. The van der Waals surface area contributed by atoms with Gasteiger partial charge in [0.1, 0.15) is 34.7 Å². The first kappa shape index (κ1) is 35.0. The van der Waals surface area contributed by atoms with Crippen LogP contribution in [0.15, 0.2) is 103 Å². The molecule has 3 unspecified atom stereocenters. The fourth-order valence-electron chi connectivity index (χ4n) is 5.23. The molecule has 1 aliphatic heterocycles. The van der Waals surface area contributed by atoms with Crippen LogP contribution in [0.1, 0.15) is 41.8 Å². The Hall–Kier alpha value is -5.27. The van der Waals surface area contributed by atoms with Crippen molar-refractivity contribution in [2.45, 2.75) is 36.4 Å². The van der Waals surface area contributed by atoms with Crippen LogP contribution in [0.3, 0.4) is 0 Å². The lowest BCUT2D eigenvalue weighted by atomic mass is 9.92. The first-order chi connectivity index (χ1) is 23.5. The smallest absolute Gasteiger partial charge is 0.325 e. The number of rotatable bonds is 14. The molecule has 0 aromatic heterocycles. The van der Waals surface area contributed by atoms with Crippen LogP contribution >= 0.6 is 11.8 Å². The number of carboxylic acid groups (broad SMARTS) is 1. The van der Waals surface area contributed by atoms with Gasteiger partial charge >= 0.3 is 5.97 Å². The molecular formula is C36H33F2N3O7S. The zero-order valence-electron chi connectivity index (χ0n) is 26.2. The summed E-state index contributed by atoms with van der Waals surface area (Å²) in [6.45, 7) is 0.862. The normalized spacial score (nSPS) is 17.3. The van der Waals surface area contributed by atoms with Crippen LogP contribution in [0.4, 0.5) is 14.5 Å². The third-order valence-corrected chi connectivity index (χ3v) is 9.19. The van der Waals surface area contributed by atoms with Crippen LogP contribution in [-0.2, 0) is 19.2 Å². The largest absolute Gasteiger partial charge is 0.484 e. The Morgan fingerprint density at radius 1 is 0.857 bits per heavy atom. The number of ether oxygens (including phenoxy) is 1. The number of anilines is 1. The summed E-state index contributed by atoms with van der Waals surface area (Å²) < 4.78 is 32.7. The maximum atomic E-state index is 13.7. The second-order valence-electron chi connectivity index (χ2n) is 11.3. The number of hydrogen-bond acceptors (Lipinski definition) is 7. The van der Waals surface area contributed by atoms with Gasteiger partial charge in [-0.3, -0.25) is 19.2 Å². The van der Waals surface area contributed by atoms with E-state index in [0.29, 0.717) is 22.6 Å². The number of benzene rings is 4. The quantitative estimate of drug-likeness (QED) is 0.139. The van der Waals surface area contributed by atoms with Gasteiger partial charge in [-0.1, -0.05) is 54.6 Å². The molecule has 49 heavy (non-hydrogen) atoms. The SMILES string of the molecule is C[C@@H](NC(=O)[C@@H](NC(=O)COc1ccc(C2C(SCC(O)c3ccc(F)cc3)C(=O)N2c2ccc(F)cc2)cc1)c1ccccc1)C(=O)O. The third-order valence-electron chi connectivity index (χ3n) is 7.86. The van der Waals surface area contributed by atoms with Crippen molar-refractivity contribution in [3.05, 3.63) is 131 Å². The first-order valence-electron chi connectivity index (χ1n) is 15.3. The Bertz CT molecular complexity index is 1780. The summed E-state index contributed by atoms with van der Waals surface area (Å²) in [5, 5.41) is 24.2. The number of halogens is 2. The Labute approximate surface area is 285 Å². The minimum absolute atomic E-state index is 0.170. The van der Waals surface area contributed by atoms with Gasteiger partial charge in [-0.05, 0) is 72.1 Å². The predicted molar refractivity (Wildman–Crippen MR) is 179 cm³/mol. The second kappa shape index (κ2) is 15.8. The number of carbonyl (C=O) groups excluding carboxylic acids is 3. The molecule has 1 aliphatic rings. The summed E-state index contributed by atoms with van der Waals surface area (Å²) in [6, 6.07) is 23.3. The van der Waals surface area contributed by atoms with Crippen LogP contribution < -0.4 is 20.3 Å². The zero-order chi connectivity index (χ0) is 35.1. The standard InChI is InChI=1S/C36H33F2N3O7S/c1-21(36(46)47)39-34(44)31(23-5-3-2-4-6-23)40-30(43)19-48-28-17-9-24(10-18-28)32-33(35(45)41(32)27-15-13-26(38)14-16-27)49-20-29(42)22-7-11-25(37)12-8-22/h2-18,21,29,31-33,42H,19-20H2,1H3,(H,39,44)(H,40,43)(H,46,47)/t21-,29?,31+,32?,33?/m1/s1. The highest BCUT2D eigenvalue weighted by Gasteiger charge is 2.49. The summed E-state index contributed by atoms with van der Waals surface area (Å²) in [7, 11) is 0. The fourth-order valence-corrected chi connectivity index (χ4v) is 6.53. The van der Waals surface area contributed by atoms with Crippen molar-refractivity contribution < 1.29 is 42.9 Å². The molecule has 5 atom stereocenters. The molecule has 0 radical (unpaired) electrons. The number of carbonyl (C=O) groups is 4. The maximum Gasteiger partial charge on any atom is 0.325 e. The van der Waals surface area contributed by atoms with Gasteiger partial charge in [0.05, 0.1) is 12.1 Å². The number of aliphatic carboxylic acids is 1. The van der Waals surface area contributed by atoms with Crippen LogP contribution in [0.2, 0.25) is 0 Å². The van der Waals surface area contributed by atoms with E-state index in [-0.39, 0.29) is 11.7 Å². The average Bonchev–Trinajstić information content (AvgIpc) is 3.10. The molecule has 0 bridgehead atoms. The minimum atomic E-state index is -1.22. The molecule has 13 heteroatoms. The molecule has 4 aromatic carbocycles. The van der Waals surface area contributed by atoms with Crippen LogP contribution in [-0.4, -0.2) is 57.6 Å². The molecule has 1 heterocycles. The highest BCUT2D eigenvalue weighted by atomic mass is 32.2. The number of nitrogens with one attached hydrogen (secondary N) is 2. The predicted octanol–water partition coefficient (Wildman–Crippen LogP) is 4.71. The number of carboxylic acids is 1. The summed E-state index contributed by atoms with van der Waals surface area (Å²) in [6.07, 6.45) is -0.936. The van der Waals surface area contributed by atoms with E-state index in [4.69, 9.17) is 4.74 Å². The zero-order valence-corrected chi connectivity index (χ0v) is 27.0. The van der Waals surface area contributed by atoms with Crippen molar-refractivity contribution >= 4 is 41.1 Å². The van der Waals surface area contributed by atoms with Crippen LogP contribution in [0, 0.1) is 11.6 Å². The lowest BCUT2D eigenvalue weighted by Gasteiger charge is -2.47. The van der Waals surface area contributed by atoms with Gasteiger partial charge in [0.15, 0.2) is 6.61 Å². The first-order valence-corrected chi connectivity index (χ1v) is 16.3. The number of aliphatic hydroxyl groups is 1. The summed E-state index contributed by atoms with van der Waals surface area (Å²) in [5.41, 5.74) is 2.19. The van der Waals surface area contributed by atoms with E-state index in [0.717, 1.165) is 5.56 Å². The Balaban J connectivity index is 1.26. The van der Waals surface area contributed by atoms with Crippen molar-refractivity contribution in [1.82, 2.24) is 10.6 Å². The topological polar surface area (TPSA) is 145 Å². The summed E-state index contributed by atoms with van der Waals surface area (Å²) in [5.74, 6) is -3.14. The summed E-state index contributed by atoms with van der Waals surface area (Å²) >= 11 is 1.25. The highest BCUT2D eigenvalue weighted by molar-refractivity contribution is 8.00. The van der Waals surface area contributed by atoms with Gasteiger partial charge in [-0.2, -0.15) is 0 Å². The van der Waals surface area contributed by atoms with Gasteiger partial charge < -0.3 is 30.5 Å². The van der Waals surface area contributed by atoms with Gasteiger partial charge in [0.25, 0.3) is 5.91 Å². The van der Waals surface area contributed by atoms with Gasteiger partial charge in [0.2, 0.25) is 11.8 Å². The number of nitrogens with zero attached hydrogens (tertiary/aromatic N) is 1. The third kappa shape index (κ3) is 8.61. The van der Waals surface area contributed by atoms with E-state index in [1.54, 1.807) is 59.5 Å². The van der Waals surface area contributed by atoms with Gasteiger partial charge in [-0.15, -0.1) is 11.8 Å². The van der Waals surface area contributed by atoms with Gasteiger partial charge in [-0.25, -0.2) is 8.78 Å². The Morgan fingerprint density at radius 2 is 1.47 bits per heavy atom. The average molecular weight is 690 g/mol. The molecule has 5 rings (SSSR count). The van der Waals surface area contributed by atoms with Crippen molar-refractivity contribution in [1.29, 1.82) is 0 Å². The van der Waals surface area contributed by atoms with E-state index in [1.807, 2.05) is 0 Å². The molecule has 1 fully saturated rings. The van der Waals surface area contributed by atoms with E-state index < -0.39 is 65.5 Å². The maximum absolute atomic E-state index is 13.7. The molecule has 1 saturated heterocycles. The van der Waals surface area contributed by atoms with Gasteiger partial charge in [0, 0.05) is 11.4 Å². The minimum Gasteiger partial charge on any atom is -0.484 e. The van der Waals surface area contributed by atoms with E-state index >= 15 is 0 Å². The number of aliphatic hydroxyl groups excluding tert-OH is 1. The van der Waals surface area contributed by atoms with Crippen molar-refractivity contribution in [2.75, 3.05) is 17.3 Å².